The number of hydrogen-bond donors (Lipinski definition) is 1. The van der Waals surface area contributed by atoms with Crippen molar-refractivity contribution in [1.82, 2.24) is 9.88 Å². The molecule has 0 atom stereocenters. The second kappa shape index (κ2) is 8.62. The van der Waals surface area contributed by atoms with Crippen LogP contribution >= 0.6 is 11.3 Å². The molecule has 5 heteroatoms. The molecule has 1 saturated carbocycles. The van der Waals surface area contributed by atoms with Crippen molar-refractivity contribution in [2.24, 2.45) is 12.0 Å². The van der Waals surface area contributed by atoms with E-state index in [0.29, 0.717) is 6.04 Å². The zero-order valence-corrected chi connectivity index (χ0v) is 19.4. The van der Waals surface area contributed by atoms with Gasteiger partial charge in [0, 0.05) is 46.3 Å². The van der Waals surface area contributed by atoms with Crippen LogP contribution in [0.5, 0.6) is 0 Å². The van der Waals surface area contributed by atoms with E-state index in [1.54, 1.807) is 11.3 Å². The van der Waals surface area contributed by atoms with Crippen molar-refractivity contribution in [2.45, 2.75) is 70.8 Å². The fraction of sp³-hybridized carbons (Fsp3) is 0.462. The first-order valence-electron chi connectivity index (χ1n) is 11.7. The van der Waals surface area contributed by atoms with Crippen LogP contribution in [-0.4, -0.2) is 22.7 Å². The number of hydrogen-bond acceptors (Lipinski definition) is 3. The Balaban J connectivity index is 1.51. The summed E-state index contributed by atoms with van der Waals surface area (Å²) in [6.45, 7) is 2.14. The van der Waals surface area contributed by atoms with Gasteiger partial charge in [0.1, 0.15) is 5.00 Å². The summed E-state index contributed by atoms with van der Waals surface area (Å²) in [4.78, 5) is 19.7. The summed E-state index contributed by atoms with van der Waals surface area (Å²) in [5.74, 6) is 0.0908. The monoisotopic (exact) mass is 433 g/mol. The molecule has 0 bridgehead atoms. The maximum Gasteiger partial charge on any atom is 0.254 e. The molecule has 0 radical (unpaired) electrons. The highest BCUT2D eigenvalue weighted by molar-refractivity contribution is 7.16. The Morgan fingerprint density at radius 1 is 1.13 bits per heavy atom. The largest absolute Gasteiger partial charge is 0.349 e. The fourth-order valence-electron chi connectivity index (χ4n) is 5.22. The van der Waals surface area contributed by atoms with Gasteiger partial charge in [-0.25, -0.2) is 4.99 Å². The lowest BCUT2D eigenvalue weighted by Crippen LogP contribution is -2.36. The lowest BCUT2D eigenvalue weighted by atomic mass is 9.93. The number of nitrogens with zero attached hydrogens (tertiary/aromatic N) is 2. The van der Waals surface area contributed by atoms with Gasteiger partial charge >= 0.3 is 0 Å². The van der Waals surface area contributed by atoms with Gasteiger partial charge in [0.15, 0.2) is 0 Å². The zero-order valence-electron chi connectivity index (χ0n) is 18.5. The van der Waals surface area contributed by atoms with E-state index in [-0.39, 0.29) is 5.91 Å². The van der Waals surface area contributed by atoms with Crippen molar-refractivity contribution < 1.29 is 4.79 Å². The van der Waals surface area contributed by atoms with Gasteiger partial charge in [0.05, 0.1) is 5.56 Å². The molecule has 0 saturated heterocycles. The number of fused-ring (bicyclic) bond motifs is 2. The molecule has 1 aromatic carbocycles. The lowest BCUT2D eigenvalue weighted by molar-refractivity contribution is 0.0927. The highest BCUT2D eigenvalue weighted by Gasteiger charge is 2.27. The zero-order chi connectivity index (χ0) is 21.4. The summed E-state index contributed by atoms with van der Waals surface area (Å²) in [6.07, 6.45) is 12.4. The van der Waals surface area contributed by atoms with Crippen LogP contribution < -0.4 is 5.32 Å². The Morgan fingerprint density at radius 2 is 1.90 bits per heavy atom. The van der Waals surface area contributed by atoms with Crippen molar-refractivity contribution in [3.63, 3.8) is 0 Å². The molecular weight excluding hydrogens is 402 g/mol. The summed E-state index contributed by atoms with van der Waals surface area (Å²) in [5.41, 5.74) is 5.65. The minimum absolute atomic E-state index is 0.0908. The second-order valence-corrected chi connectivity index (χ2v) is 10.1. The molecule has 2 aliphatic carbocycles. The van der Waals surface area contributed by atoms with Crippen molar-refractivity contribution in [2.75, 3.05) is 0 Å². The Labute approximate surface area is 188 Å². The summed E-state index contributed by atoms with van der Waals surface area (Å²) < 4.78 is 2.22. The van der Waals surface area contributed by atoms with Crippen LogP contribution in [0.15, 0.2) is 29.3 Å². The van der Waals surface area contributed by atoms with E-state index in [4.69, 9.17) is 4.99 Å². The van der Waals surface area contributed by atoms with Gasteiger partial charge < -0.3 is 9.88 Å². The quantitative estimate of drug-likeness (QED) is 0.486. The molecule has 1 amide bonds. The van der Waals surface area contributed by atoms with E-state index in [1.807, 2.05) is 6.21 Å². The molecule has 0 aliphatic heterocycles. The van der Waals surface area contributed by atoms with Gasteiger partial charge in [-0.2, -0.15) is 0 Å². The first-order chi connectivity index (χ1) is 15.1. The van der Waals surface area contributed by atoms with Crippen LogP contribution in [0.25, 0.3) is 10.9 Å². The lowest BCUT2D eigenvalue weighted by Gasteiger charge is -2.23. The van der Waals surface area contributed by atoms with Crippen molar-refractivity contribution in [3.05, 3.63) is 51.5 Å². The third-order valence-corrected chi connectivity index (χ3v) is 8.28. The summed E-state index contributed by atoms with van der Waals surface area (Å²) >= 11 is 1.72. The highest BCUT2D eigenvalue weighted by Crippen LogP contribution is 2.40. The van der Waals surface area contributed by atoms with Crippen LogP contribution in [0.1, 0.15) is 77.0 Å². The maximum atomic E-state index is 13.4. The molecule has 2 aliphatic rings. The van der Waals surface area contributed by atoms with Gasteiger partial charge in [-0.3, -0.25) is 4.79 Å². The van der Waals surface area contributed by atoms with E-state index in [2.05, 4.69) is 48.1 Å². The fourth-order valence-corrected chi connectivity index (χ4v) is 6.45. The highest BCUT2D eigenvalue weighted by atomic mass is 32.1. The predicted molar refractivity (Wildman–Crippen MR) is 130 cm³/mol. The molecule has 4 nitrogen and oxygen atoms in total. The van der Waals surface area contributed by atoms with Gasteiger partial charge in [-0.05, 0) is 57.1 Å². The molecule has 31 heavy (non-hydrogen) atoms. The molecule has 0 spiro atoms. The van der Waals surface area contributed by atoms with Crippen LogP contribution in [0.3, 0.4) is 0 Å². The molecule has 5 rings (SSSR count). The molecule has 1 fully saturated rings. The number of para-hydroxylation sites is 1. The number of aryl methyl sites for hydroxylation is 2. The van der Waals surface area contributed by atoms with Gasteiger partial charge in [-0.1, -0.05) is 37.5 Å². The van der Waals surface area contributed by atoms with Gasteiger partial charge in [0.2, 0.25) is 0 Å². The molecule has 1 N–H and O–H groups in total. The maximum absolute atomic E-state index is 13.4. The number of aromatic nitrogens is 1. The summed E-state index contributed by atoms with van der Waals surface area (Å²) in [6, 6.07) is 8.76. The number of aliphatic imine (C=N–C) groups is 1. The number of rotatable bonds is 4. The first kappa shape index (κ1) is 20.5. The average molecular weight is 434 g/mol. The summed E-state index contributed by atoms with van der Waals surface area (Å²) in [5, 5.41) is 5.44. The normalized spacial score (nSPS) is 17.4. The van der Waals surface area contributed by atoms with Crippen LogP contribution in [0.4, 0.5) is 5.00 Å². The number of carbonyl (C=O) groups is 1. The number of thiophene rings is 1. The molecular formula is C26H31N3OS. The first-order valence-corrected chi connectivity index (χ1v) is 12.5. The molecule has 0 unspecified atom stereocenters. The third-order valence-electron chi connectivity index (χ3n) is 7.08. The van der Waals surface area contributed by atoms with Crippen molar-refractivity contribution >= 4 is 39.4 Å². The van der Waals surface area contributed by atoms with E-state index >= 15 is 0 Å². The number of nitrogens with one attached hydrogen (secondary N) is 1. The predicted octanol–water partition coefficient (Wildman–Crippen LogP) is 6.24. The molecule has 2 aromatic heterocycles. The number of amides is 1. The van der Waals surface area contributed by atoms with E-state index in [1.165, 1.54) is 59.1 Å². The van der Waals surface area contributed by atoms with Crippen LogP contribution in [-0.2, 0) is 19.9 Å². The van der Waals surface area contributed by atoms with Crippen LogP contribution in [0, 0.1) is 6.92 Å². The van der Waals surface area contributed by atoms with E-state index < -0.39 is 0 Å². The number of benzene rings is 1. The average Bonchev–Trinajstić information content (AvgIpc) is 3.28. The van der Waals surface area contributed by atoms with E-state index in [0.717, 1.165) is 41.8 Å². The second-order valence-electron chi connectivity index (χ2n) is 9.03. The minimum atomic E-state index is 0.0908. The Kier molecular flexibility index (Phi) is 5.70. The van der Waals surface area contributed by atoms with Crippen LogP contribution in [0.2, 0.25) is 0 Å². The van der Waals surface area contributed by atoms with Crippen molar-refractivity contribution in [3.8, 4) is 0 Å². The minimum Gasteiger partial charge on any atom is -0.349 e. The Bertz CT molecular complexity index is 1150. The Hall–Kier alpha value is -2.40. The molecule has 162 valence electrons. The molecule has 2 heterocycles. The van der Waals surface area contributed by atoms with Gasteiger partial charge in [-0.15, -0.1) is 11.3 Å². The SMILES string of the molecule is Cc1c(C=Nc2sc3c(c2C(=O)NC2CCCCC2)CCCC3)c2ccccc2n1C. The van der Waals surface area contributed by atoms with E-state index in [9.17, 15) is 4.79 Å². The van der Waals surface area contributed by atoms with Crippen molar-refractivity contribution in [1.29, 1.82) is 0 Å². The topological polar surface area (TPSA) is 46.4 Å². The number of carbonyl (C=O) groups excluding carboxylic acids is 1. The standard InChI is InChI=1S/C26H31N3OS/c1-17-21(19-12-6-8-14-22(19)29(17)2)16-27-26-24(20-13-7-9-15-23(20)31-26)25(30)28-18-10-4-3-5-11-18/h6,8,12,14,16,18H,3-5,7,9-11,13,15H2,1-2H3,(H,28,30). The van der Waals surface area contributed by atoms with Gasteiger partial charge in [0.25, 0.3) is 5.91 Å². The summed E-state index contributed by atoms with van der Waals surface area (Å²) in [7, 11) is 2.10. The Morgan fingerprint density at radius 3 is 2.74 bits per heavy atom. The smallest absolute Gasteiger partial charge is 0.254 e. The third kappa shape index (κ3) is 3.84. The molecule has 3 aromatic rings.